The average Bonchev–Trinajstić information content (AvgIpc) is 2.81. The highest BCUT2D eigenvalue weighted by Crippen LogP contribution is 2.30. The number of carbonyl (C=O) groups is 1. The molecular weight excluding hydrogens is 287 g/mol. The fourth-order valence-electron chi connectivity index (χ4n) is 1.26. The molecule has 96 valence electrons. The van der Waals surface area contributed by atoms with Gasteiger partial charge in [-0.15, -0.1) is 22.7 Å². The van der Waals surface area contributed by atoms with Crippen LogP contribution in [-0.2, 0) is 6.42 Å². The molecular formula is C10H6F3NO2S2. The number of hydrogen-bond acceptors (Lipinski definition) is 4. The Hall–Kier alpha value is -1.41. The maximum atomic E-state index is 12.2. The Morgan fingerprint density at radius 1 is 1.33 bits per heavy atom. The average molecular weight is 293 g/mol. The smallest absolute Gasteiger partial charge is 0.395 e. The van der Waals surface area contributed by atoms with Crippen LogP contribution in [0.2, 0.25) is 0 Å². The summed E-state index contributed by atoms with van der Waals surface area (Å²) in [5, 5.41) is 11.6. The van der Waals surface area contributed by atoms with Crippen LogP contribution in [0.3, 0.4) is 0 Å². The van der Waals surface area contributed by atoms with Crippen molar-refractivity contribution in [2.75, 3.05) is 0 Å². The van der Waals surface area contributed by atoms with E-state index in [-0.39, 0.29) is 10.6 Å². The molecule has 0 aliphatic rings. The summed E-state index contributed by atoms with van der Waals surface area (Å²) in [4.78, 5) is 15.1. The number of thiazole rings is 1. The Morgan fingerprint density at radius 2 is 2.06 bits per heavy atom. The molecule has 0 atom stereocenters. The number of aromatic nitrogens is 1. The molecule has 2 heterocycles. The van der Waals surface area contributed by atoms with Gasteiger partial charge in [-0.3, -0.25) is 0 Å². The van der Waals surface area contributed by atoms with Crippen molar-refractivity contribution in [1.29, 1.82) is 0 Å². The van der Waals surface area contributed by atoms with Crippen LogP contribution >= 0.6 is 22.7 Å². The van der Waals surface area contributed by atoms with E-state index in [4.69, 9.17) is 5.11 Å². The van der Waals surface area contributed by atoms with E-state index in [1.165, 1.54) is 16.8 Å². The zero-order chi connectivity index (χ0) is 13.3. The minimum atomic E-state index is -4.28. The van der Waals surface area contributed by atoms with Crippen molar-refractivity contribution in [1.82, 2.24) is 4.98 Å². The van der Waals surface area contributed by atoms with Gasteiger partial charge in [0.1, 0.15) is 5.01 Å². The van der Waals surface area contributed by atoms with E-state index in [0.717, 1.165) is 22.7 Å². The molecule has 0 unspecified atom stereocenters. The highest BCUT2D eigenvalue weighted by Gasteiger charge is 2.29. The second kappa shape index (κ2) is 4.69. The van der Waals surface area contributed by atoms with Crippen LogP contribution < -0.4 is 0 Å². The Kier molecular flexibility index (Phi) is 3.40. The number of rotatable bonds is 3. The fraction of sp³-hybridized carbons (Fsp3) is 0.200. The summed E-state index contributed by atoms with van der Waals surface area (Å²) in [6.07, 6.45) is -5.34. The summed E-state index contributed by atoms with van der Waals surface area (Å²) in [6, 6.07) is 1.40. The third kappa shape index (κ3) is 3.08. The van der Waals surface area contributed by atoms with Crippen LogP contribution in [0.5, 0.6) is 0 Å². The first-order chi connectivity index (χ1) is 8.35. The van der Waals surface area contributed by atoms with Gasteiger partial charge in [-0.25, -0.2) is 9.78 Å². The van der Waals surface area contributed by atoms with Crippen LogP contribution in [0.4, 0.5) is 13.2 Å². The highest BCUT2D eigenvalue weighted by atomic mass is 32.1. The molecule has 0 spiro atoms. The van der Waals surface area contributed by atoms with Crippen LogP contribution in [-0.4, -0.2) is 22.2 Å². The molecule has 0 aliphatic carbocycles. The summed E-state index contributed by atoms with van der Waals surface area (Å²) in [5.74, 6) is -1.07. The number of alkyl halides is 3. The molecule has 2 rings (SSSR count). The molecule has 8 heteroatoms. The van der Waals surface area contributed by atoms with Crippen molar-refractivity contribution in [2.24, 2.45) is 0 Å². The molecule has 2 aromatic rings. The quantitative estimate of drug-likeness (QED) is 0.939. The Balaban J connectivity index is 2.21. The maximum Gasteiger partial charge on any atom is 0.395 e. The van der Waals surface area contributed by atoms with Gasteiger partial charge in [0.25, 0.3) is 0 Å². The van der Waals surface area contributed by atoms with Gasteiger partial charge in [-0.1, -0.05) is 0 Å². The lowest BCUT2D eigenvalue weighted by atomic mass is 10.3. The number of hydrogen-bond donors (Lipinski definition) is 1. The standard InChI is InChI=1S/C10H6F3NO2S2/c11-10(12,13)2-8-14-6(4-18-8)7-1-5(3-17-7)9(15)16/h1,3-4H,2H2,(H,15,16). The molecule has 1 N–H and O–H groups in total. The van der Waals surface area contributed by atoms with E-state index in [1.807, 2.05) is 0 Å². The van der Waals surface area contributed by atoms with Gasteiger partial charge < -0.3 is 5.11 Å². The zero-order valence-corrected chi connectivity index (χ0v) is 10.3. The lowest BCUT2D eigenvalue weighted by Gasteiger charge is -2.01. The van der Waals surface area contributed by atoms with Gasteiger partial charge in [0.2, 0.25) is 0 Å². The van der Waals surface area contributed by atoms with E-state index in [0.29, 0.717) is 10.6 Å². The largest absolute Gasteiger partial charge is 0.478 e. The number of carboxylic acid groups (broad SMARTS) is 1. The third-order valence-corrected chi connectivity index (χ3v) is 3.80. The van der Waals surface area contributed by atoms with Gasteiger partial charge in [0.15, 0.2) is 0 Å². The topological polar surface area (TPSA) is 50.2 Å². The molecule has 0 fully saturated rings. The number of aromatic carboxylic acids is 1. The minimum Gasteiger partial charge on any atom is -0.478 e. The molecule has 0 aromatic carbocycles. The van der Waals surface area contributed by atoms with Crippen LogP contribution in [0.1, 0.15) is 15.4 Å². The fourth-order valence-corrected chi connectivity index (χ4v) is 3.00. The number of carboxylic acids is 1. The number of halogens is 3. The predicted octanol–water partition coefficient (Wildman–Crippen LogP) is 3.67. The first-order valence-corrected chi connectivity index (χ1v) is 6.44. The van der Waals surface area contributed by atoms with Gasteiger partial charge in [0, 0.05) is 10.8 Å². The van der Waals surface area contributed by atoms with Crippen molar-refractivity contribution in [3.8, 4) is 10.6 Å². The third-order valence-electron chi connectivity index (χ3n) is 2.00. The van der Waals surface area contributed by atoms with Crippen molar-refractivity contribution in [3.05, 3.63) is 27.4 Å². The van der Waals surface area contributed by atoms with Crippen LogP contribution in [0.25, 0.3) is 10.6 Å². The van der Waals surface area contributed by atoms with E-state index in [1.54, 1.807) is 0 Å². The molecule has 0 saturated heterocycles. The monoisotopic (exact) mass is 293 g/mol. The van der Waals surface area contributed by atoms with Crippen molar-refractivity contribution >= 4 is 28.6 Å². The maximum absolute atomic E-state index is 12.2. The second-order valence-electron chi connectivity index (χ2n) is 3.42. The normalized spacial score (nSPS) is 11.7. The van der Waals surface area contributed by atoms with E-state index < -0.39 is 18.6 Å². The Bertz CT molecular complexity index is 574. The molecule has 18 heavy (non-hydrogen) atoms. The highest BCUT2D eigenvalue weighted by molar-refractivity contribution is 7.14. The van der Waals surface area contributed by atoms with E-state index in [9.17, 15) is 18.0 Å². The van der Waals surface area contributed by atoms with E-state index >= 15 is 0 Å². The summed E-state index contributed by atoms with van der Waals surface area (Å²) in [6.45, 7) is 0. The van der Waals surface area contributed by atoms with E-state index in [2.05, 4.69) is 4.98 Å². The second-order valence-corrected chi connectivity index (χ2v) is 5.28. The predicted molar refractivity (Wildman–Crippen MR) is 62.1 cm³/mol. The van der Waals surface area contributed by atoms with Gasteiger partial charge >= 0.3 is 12.1 Å². The Labute approximate surface area is 108 Å². The summed E-state index contributed by atoms with van der Waals surface area (Å²) < 4.78 is 36.5. The van der Waals surface area contributed by atoms with Gasteiger partial charge in [-0.2, -0.15) is 13.2 Å². The molecule has 0 radical (unpaired) electrons. The molecule has 0 bridgehead atoms. The first kappa shape index (κ1) is 13.0. The van der Waals surface area contributed by atoms with Crippen molar-refractivity contribution < 1.29 is 23.1 Å². The molecule has 2 aromatic heterocycles. The molecule has 0 amide bonds. The van der Waals surface area contributed by atoms with Gasteiger partial charge in [-0.05, 0) is 6.07 Å². The zero-order valence-electron chi connectivity index (χ0n) is 8.69. The Morgan fingerprint density at radius 3 is 2.61 bits per heavy atom. The van der Waals surface area contributed by atoms with Crippen LogP contribution in [0, 0.1) is 0 Å². The summed E-state index contributed by atoms with van der Waals surface area (Å²) in [7, 11) is 0. The lowest BCUT2D eigenvalue weighted by molar-refractivity contribution is -0.127. The van der Waals surface area contributed by atoms with Crippen molar-refractivity contribution in [2.45, 2.75) is 12.6 Å². The van der Waals surface area contributed by atoms with Gasteiger partial charge in [0.05, 0.1) is 22.6 Å². The first-order valence-electron chi connectivity index (χ1n) is 4.68. The lowest BCUT2D eigenvalue weighted by Crippen LogP contribution is -2.11. The van der Waals surface area contributed by atoms with Crippen LogP contribution in [0.15, 0.2) is 16.8 Å². The molecule has 0 aliphatic heterocycles. The SMILES string of the molecule is O=C(O)c1csc(-c2csc(CC(F)(F)F)n2)c1. The molecule has 0 saturated carbocycles. The summed E-state index contributed by atoms with van der Waals surface area (Å²) in [5.41, 5.74) is 0.497. The number of nitrogens with zero attached hydrogens (tertiary/aromatic N) is 1. The number of thiophene rings is 1. The summed E-state index contributed by atoms with van der Waals surface area (Å²) >= 11 is 2.06. The molecule has 3 nitrogen and oxygen atoms in total. The van der Waals surface area contributed by atoms with Crippen molar-refractivity contribution in [3.63, 3.8) is 0 Å². The minimum absolute atomic E-state index is 0.0252.